The van der Waals surface area contributed by atoms with Gasteiger partial charge in [-0.3, -0.25) is 0 Å². The van der Waals surface area contributed by atoms with Gasteiger partial charge >= 0.3 is 0 Å². The van der Waals surface area contributed by atoms with Crippen molar-refractivity contribution in [2.75, 3.05) is 0 Å². The van der Waals surface area contributed by atoms with Crippen molar-refractivity contribution >= 4 is 5.83 Å². The molecule has 0 atom stereocenters. The molecule has 0 bridgehead atoms. The van der Waals surface area contributed by atoms with Crippen molar-refractivity contribution in [3.63, 3.8) is 0 Å². The molecule has 0 aliphatic rings. The molecular formula is C27H17F5. The molecule has 0 N–H and O–H groups in total. The standard InChI is InChI=1S/C27H17F5/c1-16(28)26(31)22-12-10-20(11-13-22)18-4-2-17(3-5-18)19-6-8-21(9-7-19)23-14-24(29)27(32)25(30)15-23/h2-15H,1H3. The lowest BCUT2D eigenvalue weighted by atomic mass is 9.97. The van der Waals surface area contributed by atoms with E-state index in [0.717, 1.165) is 41.3 Å². The Hall–Kier alpha value is -3.73. The summed E-state index contributed by atoms with van der Waals surface area (Å²) in [6.07, 6.45) is 0. The SMILES string of the molecule is CC(F)=C(F)c1ccc(-c2ccc(-c3ccc(-c4cc(F)c(F)c(F)c4)cc3)cc2)cc1. The van der Waals surface area contributed by atoms with Crippen LogP contribution in [0.3, 0.4) is 0 Å². The maximum absolute atomic E-state index is 13.7. The fourth-order valence-electron chi connectivity index (χ4n) is 3.44. The van der Waals surface area contributed by atoms with Crippen molar-refractivity contribution in [2.24, 2.45) is 0 Å². The number of hydrogen-bond acceptors (Lipinski definition) is 0. The van der Waals surface area contributed by atoms with E-state index in [1.807, 2.05) is 36.4 Å². The van der Waals surface area contributed by atoms with Gasteiger partial charge in [0.1, 0.15) is 5.83 Å². The predicted molar refractivity (Wildman–Crippen MR) is 117 cm³/mol. The smallest absolute Gasteiger partial charge is 0.194 e. The van der Waals surface area contributed by atoms with Gasteiger partial charge in [0, 0.05) is 5.56 Å². The minimum absolute atomic E-state index is 0.186. The largest absolute Gasteiger partial charge is 0.209 e. The third kappa shape index (κ3) is 4.33. The highest BCUT2D eigenvalue weighted by Crippen LogP contribution is 2.30. The Balaban J connectivity index is 1.55. The lowest BCUT2D eigenvalue weighted by Gasteiger charge is -2.08. The van der Waals surface area contributed by atoms with E-state index in [4.69, 9.17) is 0 Å². The van der Waals surface area contributed by atoms with Crippen LogP contribution >= 0.6 is 0 Å². The normalized spacial score (nSPS) is 11.9. The molecule has 0 amide bonds. The molecule has 0 aliphatic carbocycles. The summed E-state index contributed by atoms with van der Waals surface area (Å²) in [6.45, 7) is 1.07. The molecular weight excluding hydrogens is 419 g/mol. The fourth-order valence-corrected chi connectivity index (χ4v) is 3.44. The van der Waals surface area contributed by atoms with Gasteiger partial charge in [-0.1, -0.05) is 72.8 Å². The summed E-state index contributed by atoms with van der Waals surface area (Å²) in [5.74, 6) is -5.68. The van der Waals surface area contributed by atoms with Crippen LogP contribution in [0.2, 0.25) is 0 Å². The van der Waals surface area contributed by atoms with Crippen molar-refractivity contribution in [3.8, 4) is 33.4 Å². The Morgan fingerprint density at radius 1 is 0.500 bits per heavy atom. The Morgan fingerprint density at radius 3 is 1.16 bits per heavy atom. The van der Waals surface area contributed by atoms with Crippen LogP contribution in [0.1, 0.15) is 12.5 Å². The Kier molecular flexibility index (Phi) is 5.91. The molecule has 4 aromatic carbocycles. The summed E-state index contributed by atoms with van der Waals surface area (Å²) in [6, 6.07) is 23.1. The summed E-state index contributed by atoms with van der Waals surface area (Å²) in [4.78, 5) is 0. The van der Waals surface area contributed by atoms with E-state index in [2.05, 4.69) is 0 Å². The average Bonchev–Trinajstić information content (AvgIpc) is 2.82. The Labute approximate surface area is 182 Å². The first-order valence-electron chi connectivity index (χ1n) is 9.81. The van der Waals surface area contributed by atoms with E-state index in [1.54, 1.807) is 24.3 Å². The van der Waals surface area contributed by atoms with Crippen LogP contribution in [0.25, 0.3) is 39.2 Å². The molecule has 0 radical (unpaired) electrons. The Morgan fingerprint density at radius 2 is 0.812 bits per heavy atom. The highest BCUT2D eigenvalue weighted by atomic mass is 19.2. The van der Waals surface area contributed by atoms with Crippen LogP contribution < -0.4 is 0 Å². The third-order valence-electron chi connectivity index (χ3n) is 5.19. The minimum atomic E-state index is -1.49. The average molecular weight is 436 g/mol. The van der Waals surface area contributed by atoms with E-state index in [9.17, 15) is 22.0 Å². The van der Waals surface area contributed by atoms with Crippen LogP contribution in [-0.4, -0.2) is 0 Å². The quantitative estimate of drug-likeness (QED) is 0.222. The summed E-state index contributed by atoms with van der Waals surface area (Å²) in [5, 5.41) is 0. The first kappa shape index (κ1) is 21.5. The summed E-state index contributed by atoms with van der Waals surface area (Å²) >= 11 is 0. The maximum Gasteiger partial charge on any atom is 0.194 e. The fraction of sp³-hybridized carbons (Fsp3) is 0.0370. The van der Waals surface area contributed by atoms with Gasteiger partial charge in [-0.05, 0) is 52.4 Å². The van der Waals surface area contributed by atoms with Gasteiger partial charge < -0.3 is 0 Å². The van der Waals surface area contributed by atoms with Crippen LogP contribution in [0, 0.1) is 17.5 Å². The molecule has 0 fully saturated rings. The number of rotatable bonds is 4. The molecule has 4 aromatic rings. The van der Waals surface area contributed by atoms with Crippen molar-refractivity contribution in [1.29, 1.82) is 0 Å². The van der Waals surface area contributed by atoms with Crippen LogP contribution in [0.15, 0.2) is 90.8 Å². The monoisotopic (exact) mass is 436 g/mol. The van der Waals surface area contributed by atoms with Crippen molar-refractivity contribution in [1.82, 2.24) is 0 Å². The molecule has 0 aliphatic heterocycles. The van der Waals surface area contributed by atoms with Gasteiger partial charge in [0.15, 0.2) is 23.3 Å². The predicted octanol–water partition coefficient (Wildman–Crippen LogP) is 8.73. The molecule has 32 heavy (non-hydrogen) atoms. The topological polar surface area (TPSA) is 0 Å². The first-order valence-corrected chi connectivity index (χ1v) is 9.81. The van der Waals surface area contributed by atoms with Crippen LogP contribution in [-0.2, 0) is 0 Å². The van der Waals surface area contributed by atoms with E-state index in [-0.39, 0.29) is 11.1 Å². The van der Waals surface area contributed by atoms with Crippen molar-refractivity contribution in [2.45, 2.75) is 6.92 Å². The van der Waals surface area contributed by atoms with Gasteiger partial charge in [0.05, 0.1) is 0 Å². The van der Waals surface area contributed by atoms with Gasteiger partial charge in [-0.25, -0.2) is 22.0 Å². The summed E-state index contributed by atoms with van der Waals surface area (Å²) < 4.78 is 66.9. The summed E-state index contributed by atoms with van der Waals surface area (Å²) in [5.41, 5.74) is 4.59. The maximum atomic E-state index is 13.7. The third-order valence-corrected chi connectivity index (χ3v) is 5.19. The number of hydrogen-bond donors (Lipinski definition) is 0. The first-order chi connectivity index (χ1) is 15.3. The lowest BCUT2D eigenvalue weighted by molar-refractivity contribution is 0.448. The second-order valence-electron chi connectivity index (χ2n) is 7.33. The van der Waals surface area contributed by atoms with Gasteiger partial charge in [0.2, 0.25) is 0 Å². The zero-order valence-electron chi connectivity index (χ0n) is 17.0. The zero-order valence-corrected chi connectivity index (χ0v) is 17.0. The van der Waals surface area contributed by atoms with Crippen LogP contribution in [0.4, 0.5) is 22.0 Å². The number of benzene rings is 4. The second-order valence-corrected chi connectivity index (χ2v) is 7.33. The summed E-state index contributed by atoms with van der Waals surface area (Å²) in [7, 11) is 0. The molecule has 0 nitrogen and oxygen atoms in total. The second kappa shape index (κ2) is 8.79. The molecule has 0 saturated heterocycles. The Bertz CT molecular complexity index is 1260. The minimum Gasteiger partial charge on any atom is -0.209 e. The van der Waals surface area contributed by atoms with E-state index in [0.29, 0.717) is 5.56 Å². The van der Waals surface area contributed by atoms with Gasteiger partial charge in [-0.2, -0.15) is 0 Å². The highest BCUT2D eigenvalue weighted by molar-refractivity contribution is 5.74. The number of allylic oxidation sites excluding steroid dienone is 1. The van der Waals surface area contributed by atoms with E-state index in [1.165, 1.54) is 12.1 Å². The molecule has 160 valence electrons. The zero-order chi connectivity index (χ0) is 22.8. The highest BCUT2D eigenvalue weighted by Gasteiger charge is 2.12. The van der Waals surface area contributed by atoms with E-state index >= 15 is 0 Å². The van der Waals surface area contributed by atoms with Crippen LogP contribution in [0.5, 0.6) is 0 Å². The molecule has 0 unspecified atom stereocenters. The lowest BCUT2D eigenvalue weighted by Crippen LogP contribution is -1.91. The molecule has 5 heteroatoms. The number of halogens is 5. The van der Waals surface area contributed by atoms with Crippen molar-refractivity contribution in [3.05, 3.63) is 114 Å². The van der Waals surface area contributed by atoms with Gasteiger partial charge in [-0.15, -0.1) is 0 Å². The molecule has 0 aromatic heterocycles. The molecule has 0 saturated carbocycles. The molecule has 0 spiro atoms. The van der Waals surface area contributed by atoms with Crippen molar-refractivity contribution < 1.29 is 22.0 Å². The molecule has 4 rings (SSSR count). The van der Waals surface area contributed by atoms with E-state index < -0.39 is 29.1 Å². The van der Waals surface area contributed by atoms with Gasteiger partial charge in [0.25, 0.3) is 0 Å². The molecule has 0 heterocycles.